The number of carbonyl (C=O) groups is 4. The number of amides is 1. The van der Waals surface area contributed by atoms with Gasteiger partial charge >= 0.3 is 17.9 Å². The smallest absolute Gasteiger partial charge is 0.348 e. The number of nitrogens with one attached hydrogen (secondary N) is 1. The SMILES string of the molecule is CCCOC(=O)c1c(NC(=O)c2nn(C)cc2C(=O)O)sc(C(=O)OCC)c1C. The third-order valence-electron chi connectivity index (χ3n) is 3.75. The highest BCUT2D eigenvalue weighted by molar-refractivity contribution is 7.18. The summed E-state index contributed by atoms with van der Waals surface area (Å²) in [5.74, 6) is -3.49. The van der Waals surface area contributed by atoms with Gasteiger partial charge in [-0.1, -0.05) is 6.92 Å². The number of rotatable bonds is 8. The Balaban J connectivity index is 2.46. The average Bonchev–Trinajstić information content (AvgIpc) is 3.20. The van der Waals surface area contributed by atoms with E-state index in [-0.39, 0.29) is 39.9 Å². The highest BCUT2D eigenvalue weighted by Gasteiger charge is 2.29. The van der Waals surface area contributed by atoms with Crippen molar-refractivity contribution in [2.24, 2.45) is 7.05 Å². The number of hydrogen-bond acceptors (Lipinski definition) is 8. The molecule has 2 N–H and O–H groups in total. The minimum Gasteiger partial charge on any atom is -0.478 e. The van der Waals surface area contributed by atoms with E-state index in [2.05, 4.69) is 10.4 Å². The van der Waals surface area contributed by atoms with Crippen LogP contribution in [0.5, 0.6) is 0 Å². The number of hydrogen-bond donors (Lipinski definition) is 2. The minimum atomic E-state index is -1.32. The first-order chi connectivity index (χ1) is 13.7. The Hall–Kier alpha value is -3.21. The Morgan fingerprint density at radius 3 is 2.48 bits per heavy atom. The van der Waals surface area contributed by atoms with Crippen molar-refractivity contribution in [1.82, 2.24) is 9.78 Å². The Morgan fingerprint density at radius 2 is 1.90 bits per heavy atom. The van der Waals surface area contributed by atoms with Crippen LogP contribution < -0.4 is 5.32 Å². The number of anilines is 1. The highest BCUT2D eigenvalue weighted by Crippen LogP contribution is 2.34. The number of aromatic nitrogens is 2. The lowest BCUT2D eigenvalue weighted by Gasteiger charge is -2.07. The van der Waals surface area contributed by atoms with Gasteiger partial charge in [-0.3, -0.25) is 9.48 Å². The zero-order chi connectivity index (χ0) is 21.7. The number of carbonyl (C=O) groups excluding carboxylic acids is 3. The van der Waals surface area contributed by atoms with Crippen LogP contribution in [0, 0.1) is 6.92 Å². The summed E-state index contributed by atoms with van der Waals surface area (Å²) in [6.07, 6.45) is 1.79. The van der Waals surface area contributed by atoms with Crippen molar-refractivity contribution in [3.63, 3.8) is 0 Å². The second-order valence-electron chi connectivity index (χ2n) is 5.94. The van der Waals surface area contributed by atoms with Crippen LogP contribution in [0.2, 0.25) is 0 Å². The number of thiophene rings is 1. The van der Waals surface area contributed by atoms with Crippen molar-refractivity contribution in [2.75, 3.05) is 18.5 Å². The normalized spacial score (nSPS) is 10.5. The molecule has 0 unspecified atom stereocenters. The van der Waals surface area contributed by atoms with E-state index in [9.17, 15) is 24.3 Å². The third-order valence-corrected chi connectivity index (χ3v) is 4.94. The molecule has 11 heteroatoms. The second kappa shape index (κ2) is 9.32. The van der Waals surface area contributed by atoms with Crippen molar-refractivity contribution < 1.29 is 33.8 Å². The second-order valence-corrected chi connectivity index (χ2v) is 6.96. The van der Waals surface area contributed by atoms with Crippen molar-refractivity contribution in [3.8, 4) is 0 Å². The molecular weight excluding hydrogens is 402 g/mol. The summed E-state index contributed by atoms with van der Waals surface area (Å²) in [6.45, 7) is 5.33. The van der Waals surface area contributed by atoms with Crippen molar-refractivity contribution >= 4 is 40.2 Å². The maximum Gasteiger partial charge on any atom is 0.348 e. The summed E-state index contributed by atoms with van der Waals surface area (Å²) in [6, 6.07) is 0. The van der Waals surface area contributed by atoms with E-state index in [0.29, 0.717) is 12.0 Å². The van der Waals surface area contributed by atoms with Crippen LogP contribution in [0.15, 0.2) is 6.20 Å². The predicted octanol–water partition coefficient (Wildman–Crippen LogP) is 2.48. The van der Waals surface area contributed by atoms with E-state index >= 15 is 0 Å². The quantitative estimate of drug-likeness (QED) is 0.618. The summed E-state index contributed by atoms with van der Waals surface area (Å²) in [7, 11) is 1.48. The van der Waals surface area contributed by atoms with E-state index in [1.54, 1.807) is 13.8 Å². The fourth-order valence-corrected chi connectivity index (χ4v) is 3.56. The average molecular weight is 423 g/mol. The van der Waals surface area contributed by atoms with Gasteiger partial charge in [-0.2, -0.15) is 5.10 Å². The first kappa shape index (κ1) is 22.1. The number of aromatic carboxylic acids is 1. The maximum atomic E-state index is 12.6. The molecule has 0 radical (unpaired) electrons. The van der Waals surface area contributed by atoms with Gasteiger partial charge < -0.3 is 19.9 Å². The lowest BCUT2D eigenvalue weighted by Crippen LogP contribution is -2.18. The molecular formula is C18H21N3O7S. The first-order valence-corrected chi connectivity index (χ1v) is 9.58. The van der Waals surface area contributed by atoms with Gasteiger partial charge in [-0.15, -0.1) is 11.3 Å². The Labute approximate surface area is 170 Å². The molecule has 0 aliphatic rings. The van der Waals surface area contributed by atoms with Gasteiger partial charge in [-0.25, -0.2) is 14.4 Å². The molecule has 2 aromatic rings. The number of carboxylic acids is 1. The van der Waals surface area contributed by atoms with Gasteiger partial charge in [0.1, 0.15) is 15.4 Å². The van der Waals surface area contributed by atoms with E-state index in [1.807, 2.05) is 6.92 Å². The molecule has 0 aliphatic heterocycles. The molecule has 0 aliphatic carbocycles. The van der Waals surface area contributed by atoms with Crippen LogP contribution in [-0.4, -0.2) is 51.9 Å². The van der Waals surface area contributed by atoms with Gasteiger partial charge in [0.05, 0.1) is 18.8 Å². The van der Waals surface area contributed by atoms with Crippen molar-refractivity contribution in [2.45, 2.75) is 27.2 Å². The van der Waals surface area contributed by atoms with Crippen molar-refractivity contribution in [1.29, 1.82) is 0 Å². The number of aryl methyl sites for hydroxylation is 1. The van der Waals surface area contributed by atoms with Gasteiger partial charge in [0, 0.05) is 13.2 Å². The van der Waals surface area contributed by atoms with Crippen molar-refractivity contribution in [3.05, 3.63) is 33.5 Å². The van der Waals surface area contributed by atoms with Crippen LogP contribution in [-0.2, 0) is 16.5 Å². The number of nitrogens with zero attached hydrogens (tertiary/aromatic N) is 2. The van der Waals surface area contributed by atoms with Crippen LogP contribution in [0.25, 0.3) is 0 Å². The first-order valence-electron chi connectivity index (χ1n) is 8.77. The molecule has 2 heterocycles. The van der Waals surface area contributed by atoms with Crippen LogP contribution >= 0.6 is 11.3 Å². The molecule has 0 fully saturated rings. The lowest BCUT2D eigenvalue weighted by atomic mass is 10.1. The molecule has 0 atom stereocenters. The summed E-state index contributed by atoms with van der Waals surface area (Å²) in [4.78, 5) is 48.8. The highest BCUT2D eigenvalue weighted by atomic mass is 32.1. The Kier molecular flexibility index (Phi) is 7.10. The largest absolute Gasteiger partial charge is 0.478 e. The number of carboxylic acid groups (broad SMARTS) is 1. The molecule has 29 heavy (non-hydrogen) atoms. The number of ether oxygens (including phenoxy) is 2. The molecule has 2 aromatic heterocycles. The molecule has 0 aromatic carbocycles. The van der Waals surface area contributed by atoms with Crippen LogP contribution in [0.3, 0.4) is 0 Å². The zero-order valence-electron chi connectivity index (χ0n) is 16.4. The Bertz CT molecular complexity index is 961. The zero-order valence-corrected chi connectivity index (χ0v) is 17.2. The molecule has 0 spiro atoms. The van der Waals surface area contributed by atoms with E-state index in [1.165, 1.54) is 17.9 Å². The summed E-state index contributed by atoms with van der Waals surface area (Å²) < 4.78 is 11.3. The topological polar surface area (TPSA) is 137 Å². The third kappa shape index (κ3) is 4.80. The van der Waals surface area contributed by atoms with E-state index < -0.39 is 23.8 Å². The summed E-state index contributed by atoms with van der Waals surface area (Å²) >= 11 is 0.851. The lowest BCUT2D eigenvalue weighted by molar-refractivity contribution is 0.0505. The molecule has 0 saturated carbocycles. The molecule has 0 saturated heterocycles. The van der Waals surface area contributed by atoms with Crippen LogP contribution in [0.1, 0.15) is 66.7 Å². The minimum absolute atomic E-state index is 0.0210. The molecule has 1 amide bonds. The maximum absolute atomic E-state index is 12.6. The van der Waals surface area contributed by atoms with Gasteiger partial charge in [0.2, 0.25) is 0 Å². The van der Waals surface area contributed by atoms with Crippen LogP contribution in [0.4, 0.5) is 5.00 Å². The standard InChI is InChI=1S/C18H21N3O7S/c1-5-7-28-17(25)11-9(3)13(18(26)27-6-2)29-15(11)19-14(22)12-10(16(23)24)8-21(4)20-12/h8H,5-7H2,1-4H3,(H,19,22)(H,23,24). The Morgan fingerprint density at radius 1 is 1.21 bits per heavy atom. The van der Waals surface area contributed by atoms with E-state index in [0.717, 1.165) is 11.3 Å². The molecule has 2 rings (SSSR count). The monoisotopic (exact) mass is 423 g/mol. The van der Waals surface area contributed by atoms with Gasteiger partial charge in [0.15, 0.2) is 5.69 Å². The van der Waals surface area contributed by atoms with Gasteiger partial charge in [-0.05, 0) is 25.8 Å². The van der Waals surface area contributed by atoms with E-state index in [4.69, 9.17) is 9.47 Å². The number of esters is 2. The summed E-state index contributed by atoms with van der Waals surface area (Å²) in [5, 5.41) is 15.7. The predicted molar refractivity (Wildman–Crippen MR) is 104 cm³/mol. The fourth-order valence-electron chi connectivity index (χ4n) is 2.48. The molecule has 156 valence electrons. The summed E-state index contributed by atoms with van der Waals surface area (Å²) in [5.41, 5.74) is -0.285. The molecule has 10 nitrogen and oxygen atoms in total. The fraction of sp³-hybridized carbons (Fsp3) is 0.389. The molecule has 0 bridgehead atoms. The van der Waals surface area contributed by atoms with Gasteiger partial charge in [0.25, 0.3) is 5.91 Å².